The highest BCUT2D eigenvalue weighted by atomic mass is 16.5. The molecule has 110 valence electrons. The van der Waals surface area contributed by atoms with Crippen molar-refractivity contribution in [2.45, 2.75) is 6.92 Å². The second kappa shape index (κ2) is 5.81. The second-order valence-corrected chi connectivity index (χ2v) is 4.69. The fourth-order valence-corrected chi connectivity index (χ4v) is 2.27. The number of aromatic carboxylic acids is 1. The molecule has 0 unspecified atom stereocenters. The van der Waals surface area contributed by atoms with Crippen LogP contribution in [0.2, 0.25) is 0 Å². The number of hydrogen-bond acceptors (Lipinski definition) is 4. The summed E-state index contributed by atoms with van der Waals surface area (Å²) in [5, 5.41) is 9.92. The van der Waals surface area contributed by atoms with Gasteiger partial charge in [-0.25, -0.2) is 14.8 Å². The number of nitrogens with zero attached hydrogens (tertiary/aromatic N) is 2. The second-order valence-electron chi connectivity index (χ2n) is 4.69. The number of carbonyl (C=O) groups is 1. The van der Waals surface area contributed by atoms with Crippen molar-refractivity contribution in [2.75, 3.05) is 6.61 Å². The van der Waals surface area contributed by atoms with Crippen molar-refractivity contribution in [1.29, 1.82) is 0 Å². The first kappa shape index (κ1) is 14.0. The minimum Gasteiger partial charge on any atom is -0.494 e. The number of benzene rings is 1. The van der Waals surface area contributed by atoms with Gasteiger partial charge in [-0.1, -0.05) is 0 Å². The lowest BCUT2D eigenvalue weighted by Gasteiger charge is -2.07. The van der Waals surface area contributed by atoms with Crippen LogP contribution in [0.15, 0.2) is 48.7 Å². The van der Waals surface area contributed by atoms with Gasteiger partial charge in [0.15, 0.2) is 5.65 Å². The lowest BCUT2D eigenvalue weighted by atomic mass is 10.1. The molecule has 0 amide bonds. The third-order valence-electron chi connectivity index (χ3n) is 3.28. The molecule has 0 saturated heterocycles. The van der Waals surface area contributed by atoms with E-state index in [0.717, 1.165) is 11.3 Å². The third-order valence-corrected chi connectivity index (χ3v) is 3.28. The highest BCUT2D eigenvalue weighted by Crippen LogP contribution is 2.25. The molecule has 2 heterocycles. The molecule has 0 radical (unpaired) electrons. The molecule has 0 aliphatic carbocycles. The molecule has 0 atom stereocenters. The Morgan fingerprint density at radius 3 is 2.68 bits per heavy atom. The highest BCUT2D eigenvalue weighted by molar-refractivity contribution is 6.02. The Kier molecular flexibility index (Phi) is 3.70. The molecule has 0 aliphatic rings. The van der Waals surface area contributed by atoms with Gasteiger partial charge < -0.3 is 9.84 Å². The van der Waals surface area contributed by atoms with Crippen molar-refractivity contribution in [3.05, 3.63) is 54.2 Å². The average Bonchev–Trinajstić information content (AvgIpc) is 2.54. The molecule has 1 N–H and O–H groups in total. The molecular weight excluding hydrogens is 280 g/mol. The van der Waals surface area contributed by atoms with Gasteiger partial charge in [0.05, 0.1) is 17.9 Å². The van der Waals surface area contributed by atoms with Crippen molar-refractivity contribution in [1.82, 2.24) is 9.97 Å². The number of ether oxygens (including phenoxy) is 1. The maximum absolute atomic E-state index is 11.5. The number of carboxylic acid groups (broad SMARTS) is 1. The van der Waals surface area contributed by atoms with E-state index in [0.29, 0.717) is 23.3 Å². The van der Waals surface area contributed by atoms with Crippen LogP contribution in [0.3, 0.4) is 0 Å². The van der Waals surface area contributed by atoms with E-state index in [1.165, 1.54) is 0 Å². The molecule has 3 rings (SSSR count). The van der Waals surface area contributed by atoms with Gasteiger partial charge in [0, 0.05) is 17.1 Å². The minimum absolute atomic E-state index is 0.196. The van der Waals surface area contributed by atoms with E-state index in [2.05, 4.69) is 9.97 Å². The number of carboxylic acids is 1. The minimum atomic E-state index is -0.993. The van der Waals surface area contributed by atoms with Crippen molar-refractivity contribution < 1.29 is 14.6 Å². The Balaban J connectivity index is 2.12. The van der Waals surface area contributed by atoms with E-state index in [1.54, 1.807) is 24.4 Å². The van der Waals surface area contributed by atoms with Crippen LogP contribution in [0.1, 0.15) is 17.3 Å². The molecule has 0 fully saturated rings. The van der Waals surface area contributed by atoms with Crippen LogP contribution in [0.5, 0.6) is 5.75 Å². The smallest absolute Gasteiger partial charge is 0.336 e. The van der Waals surface area contributed by atoms with E-state index in [1.807, 2.05) is 31.2 Å². The van der Waals surface area contributed by atoms with Gasteiger partial charge in [-0.2, -0.15) is 0 Å². The Morgan fingerprint density at radius 1 is 1.23 bits per heavy atom. The molecule has 2 aromatic heterocycles. The zero-order valence-electron chi connectivity index (χ0n) is 12.0. The maximum Gasteiger partial charge on any atom is 0.336 e. The van der Waals surface area contributed by atoms with Crippen LogP contribution in [-0.2, 0) is 0 Å². The number of aromatic nitrogens is 2. The van der Waals surface area contributed by atoms with Crippen LogP contribution in [0.25, 0.3) is 22.3 Å². The van der Waals surface area contributed by atoms with Gasteiger partial charge in [0.25, 0.3) is 0 Å². The van der Waals surface area contributed by atoms with Gasteiger partial charge in [-0.3, -0.25) is 0 Å². The first-order valence-electron chi connectivity index (χ1n) is 6.91. The van der Waals surface area contributed by atoms with Gasteiger partial charge in [-0.15, -0.1) is 0 Å². The van der Waals surface area contributed by atoms with Crippen LogP contribution in [-0.4, -0.2) is 27.7 Å². The summed E-state index contributed by atoms with van der Waals surface area (Å²) in [5.41, 5.74) is 2.01. The fraction of sp³-hybridized carbons (Fsp3) is 0.118. The first-order valence-corrected chi connectivity index (χ1v) is 6.91. The Bertz CT molecular complexity index is 829. The predicted molar refractivity (Wildman–Crippen MR) is 83.1 cm³/mol. The fourth-order valence-electron chi connectivity index (χ4n) is 2.27. The molecule has 0 spiro atoms. The molecule has 3 aromatic rings. The van der Waals surface area contributed by atoms with Crippen LogP contribution in [0.4, 0.5) is 0 Å². The maximum atomic E-state index is 11.5. The summed E-state index contributed by atoms with van der Waals surface area (Å²) in [5.74, 6) is -0.226. The molecule has 5 nitrogen and oxygen atoms in total. The summed E-state index contributed by atoms with van der Waals surface area (Å²) < 4.78 is 5.40. The van der Waals surface area contributed by atoms with Gasteiger partial charge >= 0.3 is 5.97 Å². The monoisotopic (exact) mass is 294 g/mol. The lowest BCUT2D eigenvalue weighted by molar-refractivity contribution is 0.0699. The third kappa shape index (κ3) is 2.61. The molecule has 5 heteroatoms. The molecule has 0 bridgehead atoms. The SMILES string of the molecule is CCOc1ccc(-c2cc(C(=O)O)c3cccnc3n2)cc1. The summed E-state index contributed by atoms with van der Waals surface area (Å²) in [4.78, 5) is 20.1. The zero-order valence-corrected chi connectivity index (χ0v) is 12.0. The summed E-state index contributed by atoms with van der Waals surface area (Å²) >= 11 is 0. The van der Waals surface area contributed by atoms with Crippen LogP contribution < -0.4 is 4.74 Å². The Morgan fingerprint density at radius 2 is 2.00 bits per heavy atom. The van der Waals surface area contributed by atoms with Gasteiger partial charge in [0.2, 0.25) is 0 Å². The van der Waals surface area contributed by atoms with Gasteiger partial charge in [-0.05, 0) is 49.4 Å². The van der Waals surface area contributed by atoms with E-state index >= 15 is 0 Å². The van der Waals surface area contributed by atoms with Crippen molar-refractivity contribution >= 4 is 17.0 Å². The standard InChI is InChI=1S/C17H14N2O3/c1-2-22-12-7-5-11(6-8-12)15-10-14(17(20)21)13-4-3-9-18-16(13)19-15/h3-10H,2H2,1H3,(H,20,21). The number of hydrogen-bond donors (Lipinski definition) is 1. The highest BCUT2D eigenvalue weighted by Gasteiger charge is 2.13. The van der Waals surface area contributed by atoms with Crippen LogP contribution >= 0.6 is 0 Å². The lowest BCUT2D eigenvalue weighted by Crippen LogP contribution is -2.01. The largest absolute Gasteiger partial charge is 0.494 e. The molecular formula is C17H14N2O3. The first-order chi connectivity index (χ1) is 10.7. The molecule has 1 aromatic carbocycles. The summed E-state index contributed by atoms with van der Waals surface area (Å²) in [6, 6.07) is 12.4. The number of fused-ring (bicyclic) bond motifs is 1. The van der Waals surface area contributed by atoms with Gasteiger partial charge in [0.1, 0.15) is 5.75 Å². The quantitative estimate of drug-likeness (QED) is 0.798. The molecule has 22 heavy (non-hydrogen) atoms. The van der Waals surface area contributed by atoms with Crippen molar-refractivity contribution in [3.8, 4) is 17.0 Å². The average molecular weight is 294 g/mol. The van der Waals surface area contributed by atoms with E-state index < -0.39 is 5.97 Å². The van der Waals surface area contributed by atoms with E-state index in [-0.39, 0.29) is 5.56 Å². The number of pyridine rings is 2. The topological polar surface area (TPSA) is 72.3 Å². The zero-order chi connectivity index (χ0) is 15.5. The Labute approximate surface area is 127 Å². The van der Waals surface area contributed by atoms with E-state index in [4.69, 9.17) is 4.74 Å². The van der Waals surface area contributed by atoms with E-state index in [9.17, 15) is 9.90 Å². The Hall–Kier alpha value is -2.95. The summed E-state index contributed by atoms with van der Waals surface area (Å²) in [6.45, 7) is 2.52. The number of rotatable bonds is 4. The summed E-state index contributed by atoms with van der Waals surface area (Å²) in [7, 11) is 0. The normalized spacial score (nSPS) is 10.6. The van der Waals surface area contributed by atoms with Crippen molar-refractivity contribution in [2.24, 2.45) is 0 Å². The molecule has 0 aliphatic heterocycles. The van der Waals surface area contributed by atoms with Crippen LogP contribution in [0, 0.1) is 0 Å². The summed E-state index contributed by atoms with van der Waals surface area (Å²) in [6.07, 6.45) is 1.60. The van der Waals surface area contributed by atoms with Crippen molar-refractivity contribution in [3.63, 3.8) is 0 Å². The molecule has 0 saturated carbocycles. The predicted octanol–water partition coefficient (Wildman–Crippen LogP) is 3.39.